The number of ether oxygens (including phenoxy) is 6. The summed E-state index contributed by atoms with van der Waals surface area (Å²) < 4.78 is 47.7. The van der Waals surface area contributed by atoms with E-state index < -0.39 is 25.2 Å². The molecule has 4 unspecified atom stereocenters. The molecule has 4 aliphatic heterocycles. The third kappa shape index (κ3) is 7.67. The monoisotopic (exact) mass is 492 g/mol. The first-order chi connectivity index (χ1) is 14.5. The van der Waals surface area contributed by atoms with E-state index in [0.717, 1.165) is 24.9 Å². The van der Waals surface area contributed by atoms with Crippen LogP contribution in [0.1, 0.15) is 12.8 Å². The third-order valence-corrected chi connectivity index (χ3v) is 17.5. The van der Waals surface area contributed by atoms with E-state index in [2.05, 4.69) is 39.3 Å². The van der Waals surface area contributed by atoms with E-state index in [9.17, 15) is 0 Å². The third-order valence-electron chi connectivity index (χ3n) is 6.17. The van der Waals surface area contributed by atoms with Crippen LogP contribution in [0.15, 0.2) is 0 Å². The van der Waals surface area contributed by atoms with Gasteiger partial charge in [0.2, 0.25) is 0 Å². The summed E-state index contributed by atoms with van der Waals surface area (Å²) in [4.78, 5) is 0. The largest absolute Gasteiger partial charge is 0.437 e. The predicted octanol–water partition coefficient (Wildman–Crippen LogP) is 3.19. The quantitative estimate of drug-likeness (QED) is 0.340. The molecule has 0 aromatic carbocycles. The highest BCUT2D eigenvalue weighted by molar-refractivity contribution is 6.87. The van der Waals surface area contributed by atoms with Crippen LogP contribution >= 0.6 is 0 Å². The lowest BCUT2D eigenvalue weighted by Gasteiger charge is -2.39. The smallest absolute Gasteiger partial charge is 0.311 e. The predicted molar refractivity (Wildman–Crippen MR) is 122 cm³/mol. The van der Waals surface area contributed by atoms with Gasteiger partial charge in [0.1, 0.15) is 24.4 Å². The first-order valence-electron chi connectivity index (χ1n) is 11.7. The lowest BCUT2D eigenvalue weighted by Crippen LogP contribution is -2.52. The molecule has 4 fully saturated rings. The highest BCUT2D eigenvalue weighted by atomic mass is 28.5. The first kappa shape index (κ1) is 24.5. The molecule has 0 spiro atoms. The minimum Gasteiger partial charge on any atom is -0.437 e. The van der Waals surface area contributed by atoms with E-state index in [1.54, 1.807) is 0 Å². The molecule has 0 radical (unpaired) electrons. The van der Waals surface area contributed by atoms with Crippen LogP contribution in [0.2, 0.25) is 51.4 Å². The molecule has 4 saturated heterocycles. The Morgan fingerprint density at radius 3 is 1.23 bits per heavy atom. The zero-order chi connectivity index (χ0) is 22.3. The highest BCUT2D eigenvalue weighted by Gasteiger charge is 2.45. The van der Waals surface area contributed by atoms with Gasteiger partial charge in [-0.1, -0.05) is 0 Å². The van der Waals surface area contributed by atoms with Gasteiger partial charge in [-0.25, -0.2) is 0 Å². The van der Waals surface area contributed by atoms with E-state index in [0.29, 0.717) is 26.4 Å². The molecule has 4 atom stereocenters. The van der Waals surface area contributed by atoms with E-state index in [1.165, 1.54) is 0 Å². The van der Waals surface area contributed by atoms with Gasteiger partial charge in [0.25, 0.3) is 0 Å². The van der Waals surface area contributed by atoms with Crippen molar-refractivity contribution >= 4 is 25.2 Å². The Bertz CT molecular complexity index is 545. The van der Waals surface area contributed by atoms with Crippen LogP contribution in [0.3, 0.4) is 0 Å². The van der Waals surface area contributed by atoms with Crippen molar-refractivity contribution in [3.8, 4) is 0 Å². The fraction of sp³-hybridized carbons (Fsp3) is 1.00. The van der Waals surface area contributed by atoms with E-state index >= 15 is 0 Å². The average molecular weight is 493 g/mol. The second-order valence-corrected chi connectivity index (χ2v) is 23.3. The molecule has 0 N–H and O–H groups in total. The van der Waals surface area contributed by atoms with Crippen LogP contribution in [0.4, 0.5) is 0 Å². The maximum absolute atomic E-state index is 6.72. The van der Waals surface area contributed by atoms with Crippen LogP contribution in [0, 0.1) is 0 Å². The summed E-state index contributed by atoms with van der Waals surface area (Å²) in [6.45, 7) is 16.0. The lowest BCUT2D eigenvalue weighted by atomic mass is 10.3. The summed E-state index contributed by atoms with van der Waals surface area (Å²) in [5, 5.41) is 0. The van der Waals surface area contributed by atoms with Crippen molar-refractivity contribution in [3.05, 3.63) is 0 Å². The van der Waals surface area contributed by atoms with Gasteiger partial charge >= 0.3 is 8.56 Å². The van der Waals surface area contributed by atoms with E-state index in [-0.39, 0.29) is 37.0 Å². The molecular weight excluding hydrogens is 452 g/mol. The molecule has 31 heavy (non-hydrogen) atoms. The Morgan fingerprint density at radius 2 is 0.903 bits per heavy atom. The minimum absolute atomic E-state index is 0.140. The summed E-state index contributed by atoms with van der Waals surface area (Å²) in [6, 6.07) is 1.98. The standard InChI is InChI=1S/C20H40O8Si3/c1-29(2,9-7-19-21-11-15-16(25-15)12-22-19)27-31(5,6)28-30(3,4)10-8-20-23-13-17-18(26-17)14-24-20/h15-20H,7-14H2,1-6H3. The molecular formula is C20H40O8Si3. The SMILES string of the molecule is C[Si](C)(CCC1OCC2OC2CO1)O[Si](C)(C)O[Si](C)(C)CCC1OCC2OC2CO1. The molecule has 0 aromatic rings. The lowest BCUT2D eigenvalue weighted by molar-refractivity contribution is -0.144. The van der Waals surface area contributed by atoms with Crippen molar-refractivity contribution in [3.63, 3.8) is 0 Å². The molecule has 0 bridgehead atoms. The second-order valence-electron chi connectivity index (χ2n) is 10.8. The fourth-order valence-electron chi connectivity index (χ4n) is 4.57. The normalized spacial score (nSPS) is 36.2. The summed E-state index contributed by atoms with van der Waals surface area (Å²) in [6.07, 6.45) is 2.42. The Labute approximate surface area is 189 Å². The van der Waals surface area contributed by atoms with Crippen molar-refractivity contribution in [1.29, 1.82) is 0 Å². The van der Waals surface area contributed by atoms with Crippen LogP contribution < -0.4 is 0 Å². The van der Waals surface area contributed by atoms with Crippen LogP contribution in [-0.4, -0.2) is 88.6 Å². The van der Waals surface area contributed by atoms with Gasteiger partial charge in [-0.15, -0.1) is 0 Å². The molecule has 0 aliphatic carbocycles. The molecule has 0 amide bonds. The van der Waals surface area contributed by atoms with Crippen molar-refractivity contribution in [1.82, 2.24) is 0 Å². The second kappa shape index (κ2) is 9.53. The fourth-order valence-corrected chi connectivity index (χ4v) is 18.4. The van der Waals surface area contributed by atoms with Crippen LogP contribution in [-0.2, 0) is 36.7 Å². The first-order valence-corrected chi connectivity index (χ1v) is 20.7. The zero-order valence-electron chi connectivity index (χ0n) is 19.9. The molecule has 0 aromatic heterocycles. The van der Waals surface area contributed by atoms with Gasteiger partial charge in [0, 0.05) is 0 Å². The van der Waals surface area contributed by atoms with Gasteiger partial charge in [-0.05, 0) is 64.2 Å². The van der Waals surface area contributed by atoms with Crippen molar-refractivity contribution in [2.75, 3.05) is 26.4 Å². The molecule has 4 aliphatic rings. The van der Waals surface area contributed by atoms with Gasteiger partial charge < -0.3 is 36.7 Å². The van der Waals surface area contributed by atoms with E-state index in [1.807, 2.05) is 0 Å². The number of epoxide rings is 2. The number of rotatable bonds is 10. The number of hydrogen-bond acceptors (Lipinski definition) is 8. The Morgan fingerprint density at radius 1 is 0.581 bits per heavy atom. The van der Waals surface area contributed by atoms with Gasteiger partial charge in [0.05, 0.1) is 26.4 Å². The Balaban J connectivity index is 1.18. The topological polar surface area (TPSA) is 80.4 Å². The van der Waals surface area contributed by atoms with Crippen molar-refractivity contribution in [2.24, 2.45) is 0 Å². The van der Waals surface area contributed by atoms with E-state index in [4.69, 9.17) is 36.7 Å². The molecule has 8 nitrogen and oxygen atoms in total. The number of fused-ring (bicyclic) bond motifs is 2. The molecule has 4 rings (SSSR count). The zero-order valence-corrected chi connectivity index (χ0v) is 22.9. The maximum Gasteiger partial charge on any atom is 0.311 e. The van der Waals surface area contributed by atoms with Crippen molar-refractivity contribution in [2.45, 2.75) is 101 Å². The molecule has 0 saturated carbocycles. The summed E-state index contributed by atoms with van der Waals surface area (Å²) in [5.41, 5.74) is 0. The van der Waals surface area contributed by atoms with Crippen LogP contribution in [0.5, 0.6) is 0 Å². The summed E-state index contributed by atoms with van der Waals surface area (Å²) in [5.74, 6) is 0. The Hall–Kier alpha value is 0.331. The van der Waals surface area contributed by atoms with Gasteiger partial charge in [-0.2, -0.15) is 0 Å². The summed E-state index contributed by atoms with van der Waals surface area (Å²) in [7, 11) is -6.07. The number of hydrogen-bond donors (Lipinski definition) is 0. The average Bonchev–Trinajstić information content (AvgIpc) is 3.49. The minimum atomic E-state index is -2.26. The van der Waals surface area contributed by atoms with Gasteiger partial charge in [-0.3, -0.25) is 0 Å². The summed E-state index contributed by atoms with van der Waals surface area (Å²) >= 11 is 0. The molecule has 4 heterocycles. The molecule has 11 heteroatoms. The van der Waals surface area contributed by atoms with Gasteiger partial charge in [0.15, 0.2) is 29.2 Å². The highest BCUT2D eigenvalue weighted by Crippen LogP contribution is 2.31. The Kier molecular flexibility index (Phi) is 7.52. The maximum atomic E-state index is 6.72. The van der Waals surface area contributed by atoms with Crippen molar-refractivity contribution < 1.29 is 36.7 Å². The van der Waals surface area contributed by atoms with Crippen LogP contribution in [0.25, 0.3) is 0 Å². The molecule has 180 valence electrons.